The van der Waals surface area contributed by atoms with Gasteiger partial charge in [-0.25, -0.2) is 13.1 Å². The first-order valence-electron chi connectivity index (χ1n) is 7.18. The van der Waals surface area contributed by atoms with Gasteiger partial charge in [-0.1, -0.05) is 6.92 Å². The lowest BCUT2D eigenvalue weighted by molar-refractivity contribution is 0.332. The second-order valence-corrected chi connectivity index (χ2v) is 7.74. The third-order valence-corrected chi connectivity index (χ3v) is 5.82. The van der Waals surface area contributed by atoms with Crippen LogP contribution in [0.4, 0.5) is 5.69 Å². The molecule has 2 rings (SSSR count). The monoisotopic (exact) mass is 296 g/mol. The van der Waals surface area contributed by atoms with Gasteiger partial charge in [-0.2, -0.15) is 0 Å². The van der Waals surface area contributed by atoms with Crippen LogP contribution in [0.15, 0.2) is 17.0 Å². The van der Waals surface area contributed by atoms with Crippen LogP contribution in [0.3, 0.4) is 0 Å². The van der Waals surface area contributed by atoms with Crippen LogP contribution < -0.4 is 10.5 Å². The van der Waals surface area contributed by atoms with E-state index in [0.29, 0.717) is 22.1 Å². The van der Waals surface area contributed by atoms with Crippen molar-refractivity contribution < 1.29 is 8.42 Å². The molecule has 0 saturated heterocycles. The molecule has 3 N–H and O–H groups in total. The summed E-state index contributed by atoms with van der Waals surface area (Å²) < 4.78 is 27.9. The van der Waals surface area contributed by atoms with Gasteiger partial charge >= 0.3 is 0 Å². The van der Waals surface area contributed by atoms with Crippen molar-refractivity contribution >= 4 is 15.7 Å². The maximum absolute atomic E-state index is 12.5. The Morgan fingerprint density at radius 2 is 1.75 bits per heavy atom. The molecular formula is C15H24N2O2S. The number of rotatable bonds is 3. The first-order valence-corrected chi connectivity index (χ1v) is 8.67. The van der Waals surface area contributed by atoms with Crippen molar-refractivity contribution in [2.24, 2.45) is 5.92 Å². The molecule has 0 amide bonds. The second-order valence-electron chi connectivity index (χ2n) is 6.06. The minimum absolute atomic E-state index is 0.0531. The van der Waals surface area contributed by atoms with Crippen LogP contribution in [0, 0.1) is 19.8 Å². The van der Waals surface area contributed by atoms with Crippen LogP contribution in [-0.2, 0) is 10.0 Å². The number of benzene rings is 1. The van der Waals surface area contributed by atoms with E-state index in [2.05, 4.69) is 11.6 Å². The van der Waals surface area contributed by atoms with E-state index >= 15 is 0 Å². The van der Waals surface area contributed by atoms with Crippen LogP contribution in [-0.4, -0.2) is 14.5 Å². The van der Waals surface area contributed by atoms with Crippen LogP contribution in [0.25, 0.3) is 0 Å². The van der Waals surface area contributed by atoms with Crippen LogP contribution in [0.1, 0.15) is 43.7 Å². The van der Waals surface area contributed by atoms with Crippen molar-refractivity contribution in [1.82, 2.24) is 4.72 Å². The van der Waals surface area contributed by atoms with E-state index in [1.54, 1.807) is 19.1 Å². The Hall–Kier alpha value is -1.07. The second kappa shape index (κ2) is 5.74. The third kappa shape index (κ3) is 3.33. The first kappa shape index (κ1) is 15.3. The number of nitrogens with two attached hydrogens (primary N) is 1. The molecule has 0 radical (unpaired) electrons. The first-order chi connectivity index (χ1) is 9.29. The van der Waals surface area contributed by atoms with Crippen molar-refractivity contribution in [3.8, 4) is 0 Å². The van der Waals surface area contributed by atoms with E-state index in [4.69, 9.17) is 5.73 Å². The number of sulfonamides is 1. The molecule has 0 atom stereocenters. The number of hydrogen-bond donors (Lipinski definition) is 2. The summed E-state index contributed by atoms with van der Waals surface area (Å²) in [6, 6.07) is 3.55. The molecule has 0 bridgehead atoms. The van der Waals surface area contributed by atoms with E-state index < -0.39 is 10.0 Å². The number of aryl methyl sites for hydroxylation is 1. The smallest absolute Gasteiger partial charge is 0.241 e. The molecule has 4 nitrogen and oxygen atoms in total. The Balaban J connectivity index is 2.23. The Labute approximate surface area is 121 Å². The van der Waals surface area contributed by atoms with Gasteiger partial charge < -0.3 is 5.73 Å². The average molecular weight is 296 g/mol. The molecule has 112 valence electrons. The van der Waals surface area contributed by atoms with Gasteiger partial charge in [0.05, 0.1) is 4.90 Å². The van der Waals surface area contributed by atoms with Gasteiger partial charge in [0.1, 0.15) is 0 Å². The van der Waals surface area contributed by atoms with Gasteiger partial charge in [0.15, 0.2) is 0 Å². The molecule has 5 heteroatoms. The average Bonchev–Trinajstić information content (AvgIpc) is 2.36. The Morgan fingerprint density at radius 1 is 1.15 bits per heavy atom. The van der Waals surface area contributed by atoms with Crippen LogP contribution in [0.2, 0.25) is 0 Å². The summed E-state index contributed by atoms with van der Waals surface area (Å²) >= 11 is 0. The van der Waals surface area contributed by atoms with Crippen molar-refractivity contribution in [3.63, 3.8) is 0 Å². The quantitative estimate of drug-likeness (QED) is 0.842. The van der Waals surface area contributed by atoms with E-state index in [-0.39, 0.29) is 6.04 Å². The zero-order chi connectivity index (χ0) is 14.9. The molecule has 0 spiro atoms. The van der Waals surface area contributed by atoms with E-state index in [0.717, 1.165) is 31.2 Å². The molecular weight excluding hydrogens is 272 g/mol. The molecule has 1 aliphatic carbocycles. The predicted molar refractivity (Wildman–Crippen MR) is 82.1 cm³/mol. The molecule has 1 fully saturated rings. The normalized spacial score (nSPS) is 23.8. The molecule has 0 aliphatic heterocycles. The number of anilines is 1. The topological polar surface area (TPSA) is 72.2 Å². The Morgan fingerprint density at radius 3 is 2.35 bits per heavy atom. The largest absolute Gasteiger partial charge is 0.398 e. The summed E-state index contributed by atoms with van der Waals surface area (Å²) in [5.41, 5.74) is 7.91. The minimum atomic E-state index is -3.48. The van der Waals surface area contributed by atoms with Gasteiger partial charge in [0, 0.05) is 11.7 Å². The number of nitrogens with one attached hydrogen (secondary N) is 1. The highest BCUT2D eigenvalue weighted by Gasteiger charge is 2.25. The van der Waals surface area contributed by atoms with E-state index in [1.165, 1.54) is 0 Å². The highest BCUT2D eigenvalue weighted by molar-refractivity contribution is 7.89. The van der Waals surface area contributed by atoms with Crippen molar-refractivity contribution in [2.75, 3.05) is 5.73 Å². The van der Waals surface area contributed by atoms with Gasteiger partial charge in [0.25, 0.3) is 0 Å². The molecule has 0 unspecified atom stereocenters. The van der Waals surface area contributed by atoms with Gasteiger partial charge in [-0.05, 0) is 68.7 Å². The SMILES string of the molecule is Cc1cc(N)c(C)c(S(=O)(=O)NC2CCC(C)CC2)c1. The summed E-state index contributed by atoms with van der Waals surface area (Å²) in [6.07, 6.45) is 4.01. The summed E-state index contributed by atoms with van der Waals surface area (Å²) in [7, 11) is -3.48. The summed E-state index contributed by atoms with van der Waals surface area (Å²) in [4.78, 5) is 0.314. The molecule has 1 aromatic carbocycles. The van der Waals surface area contributed by atoms with Crippen molar-refractivity contribution in [1.29, 1.82) is 0 Å². The van der Waals surface area contributed by atoms with Gasteiger partial charge in [-0.3, -0.25) is 0 Å². The Kier molecular flexibility index (Phi) is 4.39. The predicted octanol–water partition coefficient (Wildman–Crippen LogP) is 2.74. The van der Waals surface area contributed by atoms with Crippen LogP contribution >= 0.6 is 0 Å². The summed E-state index contributed by atoms with van der Waals surface area (Å²) in [6.45, 7) is 5.83. The van der Waals surface area contributed by atoms with E-state index in [1.807, 2.05) is 6.92 Å². The molecule has 0 heterocycles. The number of nitrogen functional groups attached to an aromatic ring is 1. The van der Waals surface area contributed by atoms with Gasteiger partial charge in [-0.15, -0.1) is 0 Å². The standard InChI is InChI=1S/C15H24N2O2S/c1-10-4-6-13(7-5-10)17-20(18,19)15-9-11(2)8-14(16)12(15)3/h8-10,13,17H,4-7,16H2,1-3H3. The fourth-order valence-electron chi connectivity index (χ4n) is 2.79. The molecule has 0 aromatic heterocycles. The lowest BCUT2D eigenvalue weighted by Gasteiger charge is -2.27. The lowest BCUT2D eigenvalue weighted by atomic mass is 9.88. The highest BCUT2D eigenvalue weighted by Crippen LogP contribution is 2.27. The van der Waals surface area contributed by atoms with Crippen LogP contribution in [0.5, 0.6) is 0 Å². The Bertz CT molecular complexity index is 588. The van der Waals surface area contributed by atoms with Gasteiger partial charge in [0.2, 0.25) is 10.0 Å². The van der Waals surface area contributed by atoms with E-state index in [9.17, 15) is 8.42 Å². The fraction of sp³-hybridized carbons (Fsp3) is 0.600. The van der Waals surface area contributed by atoms with Crippen molar-refractivity contribution in [2.45, 2.75) is 57.4 Å². The number of hydrogen-bond acceptors (Lipinski definition) is 3. The minimum Gasteiger partial charge on any atom is -0.398 e. The summed E-state index contributed by atoms with van der Waals surface area (Å²) in [5.74, 6) is 0.701. The zero-order valence-electron chi connectivity index (χ0n) is 12.4. The molecule has 1 aromatic rings. The lowest BCUT2D eigenvalue weighted by Crippen LogP contribution is -2.37. The fourth-order valence-corrected chi connectivity index (χ4v) is 4.46. The summed E-state index contributed by atoms with van der Waals surface area (Å²) in [5, 5.41) is 0. The third-order valence-electron chi connectivity index (χ3n) is 4.17. The van der Waals surface area contributed by atoms with Crippen molar-refractivity contribution in [3.05, 3.63) is 23.3 Å². The molecule has 20 heavy (non-hydrogen) atoms. The zero-order valence-corrected chi connectivity index (χ0v) is 13.3. The molecule has 1 saturated carbocycles. The maximum Gasteiger partial charge on any atom is 0.241 e. The molecule has 1 aliphatic rings. The highest BCUT2D eigenvalue weighted by atomic mass is 32.2. The maximum atomic E-state index is 12.5.